The first kappa shape index (κ1) is 27.6. The summed E-state index contributed by atoms with van der Waals surface area (Å²) in [6, 6.07) is 52.2. The van der Waals surface area contributed by atoms with Crippen LogP contribution in [0.4, 0.5) is 0 Å². The van der Waals surface area contributed by atoms with Crippen molar-refractivity contribution in [3.63, 3.8) is 0 Å². The van der Waals surface area contributed by atoms with Gasteiger partial charge in [0.25, 0.3) is 0 Å². The third-order valence-electron chi connectivity index (χ3n) is 10.4. The molecule has 0 aliphatic heterocycles. The summed E-state index contributed by atoms with van der Waals surface area (Å²) in [4.78, 5) is 15.6. The maximum Gasteiger partial charge on any atom is 0.165 e. The Labute approximate surface area is 298 Å². The Morgan fingerprint density at radius 3 is 1.88 bits per heavy atom. The van der Waals surface area contributed by atoms with Crippen LogP contribution in [-0.2, 0) is 0 Å². The van der Waals surface area contributed by atoms with Gasteiger partial charge in [-0.05, 0) is 47.9 Å². The zero-order chi connectivity index (χ0) is 33.2. The summed E-state index contributed by atoms with van der Waals surface area (Å²) in [5.41, 5.74) is 6.67. The number of thiophene rings is 2. The van der Waals surface area contributed by atoms with Crippen molar-refractivity contribution in [1.29, 1.82) is 0 Å². The topological polar surface area (TPSA) is 43.1 Å². The molecule has 4 nitrogen and oxygen atoms in total. The van der Waals surface area contributed by atoms with Crippen LogP contribution >= 0.6 is 22.7 Å². The second-order valence-electron chi connectivity index (χ2n) is 13.2. The van der Waals surface area contributed by atoms with Crippen LogP contribution in [0.5, 0.6) is 0 Å². The van der Waals surface area contributed by atoms with Gasteiger partial charge in [-0.1, -0.05) is 103 Å². The van der Waals surface area contributed by atoms with Crippen molar-refractivity contribution in [1.82, 2.24) is 19.4 Å². The first-order chi connectivity index (χ1) is 25.3. The minimum atomic E-state index is 0.667. The number of benzene rings is 7. The van der Waals surface area contributed by atoms with Crippen molar-refractivity contribution in [3.05, 3.63) is 146 Å². The molecular formula is C45H24N4S2. The van der Waals surface area contributed by atoms with Gasteiger partial charge in [0.1, 0.15) is 0 Å². The zero-order valence-electron chi connectivity index (χ0n) is 27.0. The Balaban J connectivity index is 1.20. The molecule has 5 heterocycles. The Bertz CT molecular complexity index is 3360. The fraction of sp³-hybridized carbons (Fsp3) is 0. The Kier molecular flexibility index (Phi) is 5.50. The molecule has 0 radical (unpaired) electrons. The van der Waals surface area contributed by atoms with E-state index in [0.717, 1.165) is 16.7 Å². The van der Waals surface area contributed by atoms with Gasteiger partial charge in [0.05, 0.1) is 16.6 Å². The van der Waals surface area contributed by atoms with Crippen LogP contribution in [0.3, 0.4) is 0 Å². The van der Waals surface area contributed by atoms with Crippen LogP contribution in [0, 0.1) is 0 Å². The van der Waals surface area contributed by atoms with Crippen LogP contribution in [0.25, 0.3) is 113 Å². The molecule has 12 rings (SSSR count). The summed E-state index contributed by atoms with van der Waals surface area (Å²) in [5.74, 6) is 2.02. The van der Waals surface area contributed by atoms with E-state index in [1.54, 1.807) is 11.3 Å². The number of hydrogen-bond acceptors (Lipinski definition) is 5. The fourth-order valence-corrected chi connectivity index (χ4v) is 10.6. The van der Waals surface area contributed by atoms with Gasteiger partial charge in [-0.25, -0.2) is 15.0 Å². The average molecular weight is 685 g/mol. The zero-order valence-corrected chi connectivity index (χ0v) is 28.6. The fourth-order valence-electron chi connectivity index (χ4n) is 8.19. The maximum absolute atomic E-state index is 5.30. The van der Waals surface area contributed by atoms with Gasteiger partial charge >= 0.3 is 0 Å². The second-order valence-corrected chi connectivity index (χ2v) is 15.3. The summed E-state index contributed by atoms with van der Waals surface area (Å²) < 4.78 is 7.44. The van der Waals surface area contributed by atoms with Gasteiger partial charge in [0, 0.05) is 73.2 Å². The van der Waals surface area contributed by atoms with E-state index in [4.69, 9.17) is 15.0 Å². The molecule has 12 aromatic rings. The van der Waals surface area contributed by atoms with Crippen molar-refractivity contribution in [2.45, 2.75) is 0 Å². The molecule has 0 fully saturated rings. The van der Waals surface area contributed by atoms with E-state index < -0.39 is 0 Å². The molecule has 236 valence electrons. The van der Waals surface area contributed by atoms with E-state index in [0.29, 0.717) is 17.5 Å². The number of hydrogen-bond donors (Lipinski definition) is 0. The Morgan fingerprint density at radius 2 is 1.06 bits per heavy atom. The van der Waals surface area contributed by atoms with Crippen LogP contribution in [0.1, 0.15) is 0 Å². The lowest BCUT2D eigenvalue weighted by Crippen LogP contribution is -2.00. The third kappa shape index (κ3) is 3.80. The smallest absolute Gasteiger partial charge is 0.165 e. The number of para-hydroxylation sites is 2. The van der Waals surface area contributed by atoms with Crippen LogP contribution in [-0.4, -0.2) is 19.4 Å². The minimum absolute atomic E-state index is 0.667. The lowest BCUT2D eigenvalue weighted by atomic mass is 10.0. The predicted octanol–water partition coefficient (Wildman–Crippen LogP) is 12.8. The van der Waals surface area contributed by atoms with E-state index >= 15 is 0 Å². The highest BCUT2D eigenvalue weighted by atomic mass is 32.1. The molecule has 0 saturated heterocycles. The number of aromatic nitrogens is 4. The van der Waals surface area contributed by atoms with E-state index in [1.165, 1.54) is 78.4 Å². The van der Waals surface area contributed by atoms with Gasteiger partial charge in [0.2, 0.25) is 0 Å². The first-order valence-corrected chi connectivity index (χ1v) is 18.7. The Morgan fingerprint density at radius 1 is 0.392 bits per heavy atom. The molecule has 5 aromatic heterocycles. The van der Waals surface area contributed by atoms with E-state index in [1.807, 2.05) is 29.5 Å². The van der Waals surface area contributed by atoms with Crippen molar-refractivity contribution in [3.8, 4) is 34.2 Å². The molecule has 0 saturated carbocycles. The summed E-state index contributed by atoms with van der Waals surface area (Å²) >= 11 is 3.65. The monoisotopic (exact) mass is 684 g/mol. The highest BCUT2D eigenvalue weighted by Gasteiger charge is 2.22. The highest BCUT2D eigenvalue weighted by Crippen LogP contribution is 2.48. The molecule has 0 N–H and O–H groups in total. The van der Waals surface area contributed by atoms with E-state index in [-0.39, 0.29) is 0 Å². The molecule has 7 aromatic carbocycles. The molecule has 0 bridgehead atoms. The molecule has 0 unspecified atom stereocenters. The molecular weight excluding hydrogens is 661 g/mol. The number of rotatable bonds is 3. The highest BCUT2D eigenvalue weighted by molar-refractivity contribution is 7.26. The SMILES string of the molecule is c1ccc(-c2nc(-c3cc4sc5ccc6c7ccccc7n7c8ccccc8c(c3)c4c5c67)nc(-c3cccc4c3sc3ccccc34)n2)cc1. The van der Waals surface area contributed by atoms with Crippen LogP contribution in [0.15, 0.2) is 146 Å². The largest absolute Gasteiger partial charge is 0.308 e. The normalized spacial score (nSPS) is 12.3. The van der Waals surface area contributed by atoms with Gasteiger partial charge in [-0.2, -0.15) is 0 Å². The van der Waals surface area contributed by atoms with Crippen LogP contribution in [0.2, 0.25) is 0 Å². The van der Waals surface area contributed by atoms with Crippen molar-refractivity contribution in [2.24, 2.45) is 0 Å². The van der Waals surface area contributed by atoms with Crippen molar-refractivity contribution >= 4 is 101 Å². The molecule has 0 aliphatic rings. The maximum atomic E-state index is 5.30. The van der Waals surface area contributed by atoms with Crippen molar-refractivity contribution < 1.29 is 0 Å². The lowest BCUT2D eigenvalue weighted by Gasteiger charge is -2.10. The molecule has 0 aliphatic carbocycles. The van der Waals surface area contributed by atoms with Crippen molar-refractivity contribution in [2.75, 3.05) is 0 Å². The average Bonchev–Trinajstić information content (AvgIpc) is 3.84. The number of fused-ring (bicyclic) bond motifs is 9. The molecule has 51 heavy (non-hydrogen) atoms. The summed E-state index contributed by atoms with van der Waals surface area (Å²) in [7, 11) is 0. The third-order valence-corrected chi connectivity index (χ3v) is 12.7. The first-order valence-electron chi connectivity index (χ1n) is 17.0. The van der Waals surface area contributed by atoms with Gasteiger partial charge in [-0.3, -0.25) is 0 Å². The van der Waals surface area contributed by atoms with E-state index in [9.17, 15) is 0 Å². The van der Waals surface area contributed by atoms with Gasteiger partial charge in [-0.15, -0.1) is 22.7 Å². The quantitative estimate of drug-likeness (QED) is 0.186. The van der Waals surface area contributed by atoms with Crippen LogP contribution < -0.4 is 0 Å². The standard InChI is InChI=1S/C45H24N4S2/c1-2-11-25(12-3-1)43-46-44(48-45(47-43)32-17-10-16-31-29-15-6-9-20-36(29)51-42(31)32)26-23-33-28-14-5-8-19-35(28)49-34-18-7-4-13-27(34)30-21-22-37-40(41(30)49)39(33)38(24-26)50-37/h1-24H. The van der Waals surface area contributed by atoms with Gasteiger partial charge < -0.3 is 4.40 Å². The summed E-state index contributed by atoms with van der Waals surface area (Å²) in [6.07, 6.45) is 0. The summed E-state index contributed by atoms with van der Waals surface area (Å²) in [5, 5.41) is 10.1. The summed E-state index contributed by atoms with van der Waals surface area (Å²) in [6.45, 7) is 0. The minimum Gasteiger partial charge on any atom is -0.308 e. The van der Waals surface area contributed by atoms with E-state index in [2.05, 4.69) is 132 Å². The number of nitrogens with zero attached hydrogens (tertiary/aromatic N) is 4. The molecule has 0 spiro atoms. The molecule has 6 heteroatoms. The molecule has 0 amide bonds. The van der Waals surface area contributed by atoms with Gasteiger partial charge in [0.15, 0.2) is 17.5 Å². The molecule has 0 atom stereocenters. The predicted molar refractivity (Wildman–Crippen MR) is 217 cm³/mol. The lowest BCUT2D eigenvalue weighted by molar-refractivity contribution is 1.08. The Hall–Kier alpha value is -6.21. The second kappa shape index (κ2) is 10.2.